The third kappa shape index (κ3) is 1.57. The summed E-state index contributed by atoms with van der Waals surface area (Å²) in [6, 6.07) is 16.2. The molecule has 1 saturated carbocycles. The molecule has 6 heteroatoms. The summed E-state index contributed by atoms with van der Waals surface area (Å²) in [6.45, 7) is -2.03. The molecule has 0 bridgehead atoms. The first-order chi connectivity index (χ1) is 14.1. The molecule has 2 fully saturated rings. The number of rotatable bonds is 4. The van der Waals surface area contributed by atoms with Crippen LogP contribution < -0.4 is 0 Å². The van der Waals surface area contributed by atoms with Gasteiger partial charge in [-0.25, -0.2) is 0 Å². The van der Waals surface area contributed by atoms with Crippen molar-refractivity contribution in [2.75, 3.05) is 19.8 Å². The van der Waals surface area contributed by atoms with Crippen molar-refractivity contribution in [2.24, 2.45) is 11.8 Å². The molecule has 1 heterocycles. The Hall–Kier alpha value is -2.54. The number of carbonyl (C=O) groups excluding carboxylic acids is 2. The summed E-state index contributed by atoms with van der Waals surface area (Å²) >= 11 is 0. The lowest BCUT2D eigenvalue weighted by atomic mass is 9.37. The minimum atomic E-state index is -1.67. The van der Waals surface area contributed by atoms with Gasteiger partial charge in [-0.05, 0) is 22.3 Å². The van der Waals surface area contributed by atoms with Crippen LogP contribution in [0.25, 0.3) is 0 Å². The summed E-state index contributed by atoms with van der Waals surface area (Å²) in [4.78, 5) is 27.9. The lowest BCUT2D eigenvalue weighted by molar-refractivity contribution is -0.154. The summed E-state index contributed by atoms with van der Waals surface area (Å²) in [5.74, 6) is -1.86. The molecule has 2 aromatic rings. The van der Waals surface area contributed by atoms with Gasteiger partial charge in [0.2, 0.25) is 11.8 Å². The second kappa shape index (κ2) is 5.33. The maximum absolute atomic E-state index is 13.6. The van der Waals surface area contributed by atoms with Gasteiger partial charge in [0.05, 0.1) is 31.7 Å². The van der Waals surface area contributed by atoms with E-state index in [9.17, 15) is 24.9 Å². The quantitative estimate of drug-likeness (QED) is 0.660. The Morgan fingerprint density at radius 3 is 2.03 bits per heavy atom. The van der Waals surface area contributed by atoms with E-state index in [-0.39, 0.29) is 17.7 Å². The van der Waals surface area contributed by atoms with E-state index in [2.05, 4.69) is 24.3 Å². The van der Waals surface area contributed by atoms with Crippen LogP contribution in [0.3, 0.4) is 0 Å². The van der Waals surface area contributed by atoms with Crippen LogP contribution in [0.1, 0.15) is 34.1 Å². The van der Waals surface area contributed by atoms with Gasteiger partial charge in [-0.1, -0.05) is 48.5 Å². The second-order valence-corrected chi connectivity index (χ2v) is 8.77. The standard InChI is InChI=1S/C23H21NO5/c25-9-22(10-26,11-27)24-20(28)16-18-13-6-2-1-5-12(13)17-14-7-3-4-8-15(14)23(17,18)19(16)21(24)29/h1-8,16-19,25-27H,9-11H2. The number of carbonyl (C=O) groups is 2. The number of amides is 2. The molecule has 1 saturated heterocycles. The van der Waals surface area contributed by atoms with Gasteiger partial charge in [-0.3, -0.25) is 14.5 Å². The van der Waals surface area contributed by atoms with Crippen molar-refractivity contribution in [1.82, 2.24) is 4.90 Å². The van der Waals surface area contributed by atoms with Gasteiger partial charge >= 0.3 is 0 Å². The van der Waals surface area contributed by atoms with Crippen LogP contribution in [-0.2, 0) is 15.0 Å². The van der Waals surface area contributed by atoms with Crippen molar-refractivity contribution < 1.29 is 24.9 Å². The van der Waals surface area contributed by atoms with Gasteiger partial charge < -0.3 is 15.3 Å². The molecule has 1 spiro atoms. The lowest BCUT2D eigenvalue weighted by Crippen LogP contribution is -2.64. The van der Waals surface area contributed by atoms with Gasteiger partial charge in [0.25, 0.3) is 0 Å². The highest BCUT2D eigenvalue weighted by molar-refractivity contribution is 6.10. The van der Waals surface area contributed by atoms with E-state index in [1.54, 1.807) is 0 Å². The number of fused-ring (bicyclic) bond motifs is 7. The summed E-state index contributed by atoms with van der Waals surface area (Å²) in [5, 5.41) is 29.5. The first-order valence-corrected chi connectivity index (χ1v) is 9.97. The molecular formula is C23H21NO5. The van der Waals surface area contributed by atoms with Crippen LogP contribution in [0.4, 0.5) is 0 Å². The van der Waals surface area contributed by atoms with Gasteiger partial charge in [0, 0.05) is 17.3 Å². The molecule has 5 atom stereocenters. The van der Waals surface area contributed by atoms with Gasteiger partial charge in [-0.15, -0.1) is 0 Å². The van der Waals surface area contributed by atoms with E-state index in [0.29, 0.717) is 0 Å². The summed E-state index contributed by atoms with van der Waals surface area (Å²) in [7, 11) is 0. The number of hydrogen-bond donors (Lipinski definition) is 3. The molecular weight excluding hydrogens is 370 g/mol. The molecule has 3 N–H and O–H groups in total. The molecule has 148 valence electrons. The van der Waals surface area contributed by atoms with Gasteiger partial charge in [0.1, 0.15) is 5.54 Å². The molecule has 5 unspecified atom stereocenters. The normalized spacial score (nSPS) is 33.3. The smallest absolute Gasteiger partial charge is 0.234 e. The van der Waals surface area contributed by atoms with Gasteiger partial charge in [-0.2, -0.15) is 0 Å². The fourth-order valence-electron chi connectivity index (χ4n) is 6.84. The highest BCUT2D eigenvalue weighted by Crippen LogP contribution is 2.81. The van der Waals surface area contributed by atoms with Crippen LogP contribution in [0.5, 0.6) is 0 Å². The zero-order chi connectivity index (χ0) is 20.1. The Morgan fingerprint density at radius 2 is 1.38 bits per heavy atom. The van der Waals surface area contributed by atoms with Crippen molar-refractivity contribution in [2.45, 2.75) is 22.8 Å². The number of nitrogens with zero attached hydrogens (tertiary/aromatic N) is 1. The van der Waals surface area contributed by atoms with Crippen molar-refractivity contribution in [1.29, 1.82) is 0 Å². The average molecular weight is 391 g/mol. The zero-order valence-corrected chi connectivity index (χ0v) is 15.7. The van der Waals surface area contributed by atoms with Crippen LogP contribution in [0.2, 0.25) is 0 Å². The first kappa shape index (κ1) is 17.3. The molecule has 3 aliphatic carbocycles. The van der Waals surface area contributed by atoms with E-state index in [0.717, 1.165) is 16.0 Å². The highest BCUT2D eigenvalue weighted by atomic mass is 16.3. The predicted molar refractivity (Wildman–Crippen MR) is 102 cm³/mol. The highest BCUT2D eigenvalue weighted by Gasteiger charge is 2.82. The molecule has 1 aliphatic heterocycles. The summed E-state index contributed by atoms with van der Waals surface area (Å²) in [5.41, 5.74) is 2.51. The number of aliphatic hydroxyl groups is 3. The van der Waals surface area contributed by atoms with E-state index in [1.807, 2.05) is 24.3 Å². The molecule has 0 radical (unpaired) electrons. The van der Waals surface area contributed by atoms with Crippen LogP contribution in [-0.4, -0.2) is 57.4 Å². The first-order valence-electron chi connectivity index (χ1n) is 9.97. The minimum absolute atomic E-state index is 0.0737. The maximum Gasteiger partial charge on any atom is 0.234 e. The maximum atomic E-state index is 13.6. The molecule has 4 aliphatic rings. The van der Waals surface area contributed by atoms with Crippen molar-refractivity contribution >= 4 is 11.8 Å². The van der Waals surface area contributed by atoms with E-state index in [4.69, 9.17) is 0 Å². The van der Waals surface area contributed by atoms with Crippen LogP contribution in [0.15, 0.2) is 48.5 Å². The zero-order valence-electron chi connectivity index (χ0n) is 15.7. The van der Waals surface area contributed by atoms with E-state index >= 15 is 0 Å². The average Bonchev–Trinajstić information content (AvgIpc) is 3.06. The fraction of sp³-hybridized carbons (Fsp3) is 0.391. The number of benzene rings is 2. The van der Waals surface area contributed by atoms with E-state index < -0.39 is 48.5 Å². The number of aliphatic hydroxyl groups excluding tert-OH is 3. The molecule has 0 aromatic heterocycles. The van der Waals surface area contributed by atoms with Crippen molar-refractivity contribution in [3.63, 3.8) is 0 Å². The third-order valence-corrected chi connectivity index (χ3v) is 7.95. The fourth-order valence-corrected chi connectivity index (χ4v) is 6.84. The predicted octanol–water partition coefficient (Wildman–Crippen LogP) is 0.498. The summed E-state index contributed by atoms with van der Waals surface area (Å²) < 4.78 is 0. The SMILES string of the molecule is O=C1C2C(C(=O)N1C(CO)(CO)CO)C13c4ccccc4C1c1ccccc1C23. The van der Waals surface area contributed by atoms with Crippen molar-refractivity contribution in [3.8, 4) is 0 Å². The largest absolute Gasteiger partial charge is 0.394 e. The Balaban J connectivity index is 1.56. The Labute approximate surface area is 167 Å². The third-order valence-electron chi connectivity index (χ3n) is 7.95. The van der Waals surface area contributed by atoms with Crippen molar-refractivity contribution in [3.05, 3.63) is 70.8 Å². The number of hydrogen-bond acceptors (Lipinski definition) is 5. The molecule has 29 heavy (non-hydrogen) atoms. The topological polar surface area (TPSA) is 98.1 Å². The Morgan fingerprint density at radius 1 is 0.793 bits per heavy atom. The molecule has 6 rings (SSSR count). The Kier molecular flexibility index (Phi) is 3.18. The Bertz CT molecular complexity index is 1060. The molecule has 2 aromatic carbocycles. The van der Waals surface area contributed by atoms with Crippen LogP contribution in [0, 0.1) is 11.8 Å². The number of likely N-dealkylation sites (tertiary alicyclic amines) is 1. The number of imide groups is 1. The van der Waals surface area contributed by atoms with Gasteiger partial charge in [0.15, 0.2) is 0 Å². The molecule has 2 amide bonds. The lowest BCUT2D eigenvalue weighted by Gasteiger charge is -2.62. The monoisotopic (exact) mass is 391 g/mol. The summed E-state index contributed by atoms with van der Waals surface area (Å²) in [6.07, 6.45) is 0. The van der Waals surface area contributed by atoms with Crippen LogP contribution >= 0.6 is 0 Å². The molecule has 6 nitrogen and oxygen atoms in total. The second-order valence-electron chi connectivity index (χ2n) is 8.77. The van der Waals surface area contributed by atoms with E-state index in [1.165, 1.54) is 11.1 Å². The minimum Gasteiger partial charge on any atom is -0.394 e.